The van der Waals surface area contributed by atoms with Crippen LogP contribution in [0.15, 0.2) is 18.5 Å². The third-order valence-electron chi connectivity index (χ3n) is 4.05. The van der Waals surface area contributed by atoms with Crippen molar-refractivity contribution in [3.63, 3.8) is 0 Å². The number of rotatable bonds is 0. The lowest BCUT2D eigenvalue weighted by atomic mass is 9.45. The van der Waals surface area contributed by atoms with Crippen molar-refractivity contribution in [3.8, 4) is 5.97 Å². The lowest BCUT2D eigenvalue weighted by Gasteiger charge is -2.22. The van der Waals surface area contributed by atoms with E-state index >= 15 is 0 Å². The zero-order valence-electron chi connectivity index (χ0n) is 13.8. The van der Waals surface area contributed by atoms with Crippen LogP contribution in [-0.4, -0.2) is 36.7 Å². The number of aromatic nitrogens is 1. The first-order valence-electron chi connectivity index (χ1n) is 8.29. The number of nitriles is 1. The zero-order valence-corrected chi connectivity index (χ0v) is 13.8. The maximum atomic E-state index is 8.51. The molecule has 3 rings (SSSR count). The van der Waals surface area contributed by atoms with E-state index in [0.717, 1.165) is 25.7 Å². The van der Waals surface area contributed by atoms with E-state index in [-0.39, 0.29) is 0 Å². The Balaban J connectivity index is 0.000000189. The van der Waals surface area contributed by atoms with Gasteiger partial charge in [-0.25, -0.2) is 5.26 Å². The van der Waals surface area contributed by atoms with Crippen molar-refractivity contribution < 1.29 is 0 Å². The monoisotopic (exact) mass is 285 g/mol. The van der Waals surface area contributed by atoms with Gasteiger partial charge in [-0.2, -0.15) is 0 Å². The second kappa shape index (κ2) is 10.4. The number of fused-ring (bicyclic) bond motifs is 1. The molecule has 1 aliphatic carbocycles. The fraction of sp³-hybridized carbons (Fsp3) is 0.647. The van der Waals surface area contributed by atoms with E-state index in [4.69, 9.17) is 5.26 Å². The van der Waals surface area contributed by atoms with Gasteiger partial charge in [0.2, 0.25) is 0 Å². The van der Waals surface area contributed by atoms with Gasteiger partial charge in [0, 0.05) is 18.4 Å². The molecule has 0 spiro atoms. The van der Waals surface area contributed by atoms with E-state index in [1.54, 1.807) is 0 Å². The molecule has 21 heavy (non-hydrogen) atoms. The molecule has 0 atom stereocenters. The van der Waals surface area contributed by atoms with Gasteiger partial charge < -0.3 is 4.90 Å². The summed E-state index contributed by atoms with van der Waals surface area (Å²) in [7, 11) is 2.10. The normalized spacial score (nSPS) is 17.3. The number of hydrogen-bond donors (Lipinski definition) is 0. The van der Waals surface area contributed by atoms with Gasteiger partial charge in [-0.1, -0.05) is 13.8 Å². The first-order chi connectivity index (χ1) is 10.3. The molecule has 0 amide bonds. The van der Waals surface area contributed by atoms with Gasteiger partial charge in [0.05, 0.1) is 0 Å². The molecule has 2 heterocycles. The largest absolute Gasteiger partial charge is 0.308 e. The van der Waals surface area contributed by atoms with E-state index < -0.39 is 0 Å². The summed E-state index contributed by atoms with van der Waals surface area (Å²) in [6.45, 7) is 6.53. The van der Waals surface area contributed by atoms with Gasteiger partial charge in [-0.15, -0.1) is 0 Å². The maximum absolute atomic E-state index is 8.51. The van der Waals surface area contributed by atoms with E-state index in [2.05, 4.69) is 29.0 Å². The summed E-state index contributed by atoms with van der Waals surface area (Å²) in [5, 5.41) is 8.51. The van der Waals surface area contributed by atoms with Crippen LogP contribution in [0.3, 0.4) is 0 Å². The van der Waals surface area contributed by atoms with Crippen LogP contribution < -0.4 is 0 Å². The van der Waals surface area contributed by atoms with Gasteiger partial charge in [0.25, 0.3) is 6.71 Å². The van der Waals surface area contributed by atoms with E-state index in [9.17, 15) is 0 Å². The number of hydrogen-bond acceptors (Lipinski definition) is 3. The molecule has 0 radical (unpaired) electrons. The standard InChI is InChI=1S/C9H11N.C6H11BN2.C2H6/c1-2-4-9-7-10-6-5-8(9)3-1;1-9-4-2-7(6-8)3-5-9;1-2/h5-7H,1-4H2;2-5H2,1H3;1-2H3. The van der Waals surface area contributed by atoms with Crippen LogP contribution in [0, 0.1) is 11.2 Å². The minimum Gasteiger partial charge on any atom is -0.308 e. The topological polar surface area (TPSA) is 39.9 Å². The van der Waals surface area contributed by atoms with E-state index in [0.29, 0.717) is 6.71 Å². The summed E-state index contributed by atoms with van der Waals surface area (Å²) in [4.78, 5) is 6.37. The zero-order chi connectivity index (χ0) is 15.5. The molecule has 1 aromatic heterocycles. The van der Waals surface area contributed by atoms with Crippen LogP contribution in [0.4, 0.5) is 0 Å². The molecule has 0 bridgehead atoms. The van der Waals surface area contributed by atoms with E-state index in [1.165, 1.54) is 36.8 Å². The Bertz CT molecular complexity index is 409. The lowest BCUT2D eigenvalue weighted by molar-refractivity contribution is 0.359. The highest BCUT2D eigenvalue weighted by Gasteiger charge is 2.19. The Kier molecular flexibility index (Phi) is 8.77. The summed E-state index contributed by atoms with van der Waals surface area (Å²) in [5.74, 6) is 2.30. The molecular formula is C17H28BN3. The molecule has 0 saturated carbocycles. The molecule has 0 N–H and O–H groups in total. The fourth-order valence-corrected chi connectivity index (χ4v) is 2.69. The first-order valence-corrected chi connectivity index (χ1v) is 8.29. The Morgan fingerprint density at radius 3 is 2.33 bits per heavy atom. The number of aryl methyl sites for hydroxylation is 2. The predicted molar refractivity (Wildman–Crippen MR) is 90.7 cm³/mol. The SMILES string of the molecule is CC.CN1CCB(C#N)CC1.c1cc2c(cn1)CCCC2. The molecule has 0 unspecified atom stereocenters. The van der Waals surface area contributed by atoms with Crippen LogP contribution in [0.25, 0.3) is 0 Å². The van der Waals surface area contributed by atoms with Gasteiger partial charge in [-0.05, 0) is 75.7 Å². The summed E-state index contributed by atoms with van der Waals surface area (Å²) in [6.07, 6.45) is 11.2. The van der Waals surface area contributed by atoms with Crippen molar-refractivity contribution in [3.05, 3.63) is 29.6 Å². The third kappa shape index (κ3) is 6.31. The highest BCUT2D eigenvalue weighted by molar-refractivity contribution is 6.67. The molecule has 3 nitrogen and oxygen atoms in total. The molecule has 114 valence electrons. The molecule has 1 saturated heterocycles. The summed E-state index contributed by atoms with van der Waals surface area (Å²) < 4.78 is 0. The van der Waals surface area contributed by atoms with Crippen molar-refractivity contribution in [1.82, 2.24) is 9.88 Å². The predicted octanol–water partition coefficient (Wildman–Crippen LogP) is 3.48. The van der Waals surface area contributed by atoms with Crippen LogP contribution >= 0.6 is 0 Å². The Morgan fingerprint density at radius 1 is 1.14 bits per heavy atom. The summed E-state index contributed by atoms with van der Waals surface area (Å²) >= 11 is 0. The maximum Gasteiger partial charge on any atom is 0.270 e. The van der Waals surface area contributed by atoms with Crippen molar-refractivity contribution in [2.75, 3.05) is 20.1 Å². The minimum atomic E-state index is 0.334. The third-order valence-corrected chi connectivity index (χ3v) is 4.05. The van der Waals surface area contributed by atoms with Crippen LogP contribution in [-0.2, 0) is 12.8 Å². The van der Waals surface area contributed by atoms with Gasteiger partial charge in [-0.3, -0.25) is 4.98 Å². The van der Waals surface area contributed by atoms with Crippen molar-refractivity contribution >= 4 is 6.71 Å². The van der Waals surface area contributed by atoms with Crippen molar-refractivity contribution in [2.24, 2.45) is 0 Å². The molecular weight excluding hydrogens is 257 g/mol. The minimum absolute atomic E-state index is 0.334. The lowest BCUT2D eigenvalue weighted by Crippen LogP contribution is -2.33. The smallest absolute Gasteiger partial charge is 0.270 e. The molecule has 4 heteroatoms. The van der Waals surface area contributed by atoms with Crippen molar-refractivity contribution in [2.45, 2.75) is 52.2 Å². The first kappa shape index (κ1) is 17.7. The average molecular weight is 285 g/mol. The Hall–Kier alpha value is -1.34. The highest BCUT2D eigenvalue weighted by atomic mass is 15.1. The number of nitrogens with zero attached hydrogens (tertiary/aromatic N) is 3. The van der Waals surface area contributed by atoms with Crippen molar-refractivity contribution in [1.29, 1.82) is 5.26 Å². The molecule has 2 aliphatic rings. The quantitative estimate of drug-likeness (QED) is 0.685. The van der Waals surface area contributed by atoms with Crippen LogP contribution in [0.2, 0.25) is 12.6 Å². The molecule has 0 aromatic carbocycles. The average Bonchev–Trinajstić information content (AvgIpc) is 2.58. The Morgan fingerprint density at radius 2 is 1.76 bits per heavy atom. The van der Waals surface area contributed by atoms with Crippen LogP contribution in [0.1, 0.15) is 37.8 Å². The van der Waals surface area contributed by atoms with Crippen LogP contribution in [0.5, 0.6) is 0 Å². The Labute approximate surface area is 130 Å². The summed E-state index contributed by atoms with van der Waals surface area (Å²) in [5.41, 5.74) is 2.98. The van der Waals surface area contributed by atoms with Gasteiger partial charge >= 0.3 is 0 Å². The molecule has 1 fully saturated rings. The fourth-order valence-electron chi connectivity index (χ4n) is 2.69. The molecule has 1 aliphatic heterocycles. The molecule has 1 aromatic rings. The summed E-state index contributed by atoms with van der Waals surface area (Å²) in [6, 6.07) is 2.15. The van der Waals surface area contributed by atoms with Gasteiger partial charge in [0.1, 0.15) is 0 Å². The second-order valence-corrected chi connectivity index (χ2v) is 5.56. The highest BCUT2D eigenvalue weighted by Crippen LogP contribution is 2.18. The number of pyridine rings is 1. The van der Waals surface area contributed by atoms with E-state index in [1.807, 2.05) is 26.2 Å². The van der Waals surface area contributed by atoms with Gasteiger partial charge in [0.15, 0.2) is 0 Å². The second-order valence-electron chi connectivity index (χ2n) is 5.56.